The van der Waals surface area contributed by atoms with Gasteiger partial charge in [0.15, 0.2) is 0 Å². The number of aromatic nitrogens is 2. The van der Waals surface area contributed by atoms with Crippen molar-refractivity contribution in [3.8, 4) is 17.4 Å². The molecule has 0 bridgehead atoms. The maximum Gasteiger partial charge on any atom is 0.362 e. The monoisotopic (exact) mass is 475 g/mol. The molecule has 0 amide bonds. The molecule has 1 atom stereocenters. The highest BCUT2D eigenvalue weighted by Crippen LogP contribution is 2.39. The number of nitrogen functional groups attached to an aromatic ring is 1. The number of esters is 1. The highest BCUT2D eigenvalue weighted by molar-refractivity contribution is 6.12. The van der Waals surface area contributed by atoms with Crippen molar-refractivity contribution in [2.75, 3.05) is 27.1 Å². The number of nitrogens with zero attached hydrogens (tertiary/aromatic N) is 2. The lowest BCUT2D eigenvalue weighted by atomic mass is 9.87. The summed E-state index contributed by atoms with van der Waals surface area (Å²) in [5, 5.41) is 0.108. The maximum atomic E-state index is 13.1. The Balaban J connectivity index is 1.88. The van der Waals surface area contributed by atoms with Crippen LogP contribution in [-0.2, 0) is 9.53 Å². The van der Waals surface area contributed by atoms with Gasteiger partial charge in [0.25, 0.3) is 6.01 Å². The van der Waals surface area contributed by atoms with Crippen LogP contribution in [0.3, 0.4) is 0 Å². The smallest absolute Gasteiger partial charge is 0.362 e. The molecule has 35 heavy (non-hydrogen) atoms. The van der Waals surface area contributed by atoms with E-state index in [-0.39, 0.29) is 28.4 Å². The molecule has 2 aromatic carbocycles. The first-order chi connectivity index (χ1) is 16.9. The molecule has 0 fully saturated rings. The lowest BCUT2D eigenvalue weighted by Gasteiger charge is -2.21. The fourth-order valence-corrected chi connectivity index (χ4v) is 4.19. The molecule has 0 spiro atoms. The Morgan fingerprint density at radius 3 is 2.49 bits per heavy atom. The molecule has 10 nitrogen and oxygen atoms in total. The van der Waals surface area contributed by atoms with E-state index in [4.69, 9.17) is 28.8 Å². The number of methoxy groups -OCH3 is 3. The number of hydrogen-bond acceptors (Lipinski definition) is 9. The number of fused-ring (bicyclic) bond motifs is 3. The fraction of sp³-hybridized carbons (Fsp3) is 0.160. The summed E-state index contributed by atoms with van der Waals surface area (Å²) in [6.45, 7) is 0. The van der Waals surface area contributed by atoms with Gasteiger partial charge in [0, 0.05) is 0 Å². The van der Waals surface area contributed by atoms with Crippen LogP contribution in [0.4, 0.5) is 6.01 Å². The average Bonchev–Trinajstić information content (AvgIpc) is 3.41. The summed E-state index contributed by atoms with van der Waals surface area (Å²) in [4.78, 5) is 30.5. The van der Waals surface area contributed by atoms with Crippen molar-refractivity contribution in [2.24, 2.45) is 0 Å². The maximum absolute atomic E-state index is 13.1. The molecule has 2 N–H and O–H groups in total. The number of ether oxygens (including phenoxy) is 3. The Hall–Kier alpha value is -4.73. The van der Waals surface area contributed by atoms with Gasteiger partial charge in [0.05, 0.1) is 27.2 Å². The van der Waals surface area contributed by atoms with Crippen molar-refractivity contribution in [3.63, 3.8) is 0 Å². The standard InChI is InChI=1S/C25H21N3O7/c1-31-15-8-4-6-13(10-15)11-17-23(29)34-21-19(24(30)33-3)18(14-7-5-9-16(12-14)32-2)20-22(28(17)21)35-25(26)27-20/h4-12,18H,1-3H3,(H2,26,27)/b17-11+/t18-/m0/s1. The highest BCUT2D eigenvalue weighted by Gasteiger charge is 2.39. The number of oxazole rings is 2. The summed E-state index contributed by atoms with van der Waals surface area (Å²) in [6.07, 6.45) is 1.60. The molecular weight excluding hydrogens is 454 g/mol. The summed E-state index contributed by atoms with van der Waals surface area (Å²) in [6, 6.07) is 14.1. The minimum absolute atomic E-state index is 0.0348. The Kier molecular flexibility index (Phi) is 5.40. The summed E-state index contributed by atoms with van der Waals surface area (Å²) < 4.78 is 28.4. The van der Waals surface area contributed by atoms with Crippen molar-refractivity contribution in [1.82, 2.24) is 9.55 Å². The van der Waals surface area contributed by atoms with Gasteiger partial charge in [-0.25, -0.2) is 14.2 Å². The molecule has 0 unspecified atom stereocenters. The van der Waals surface area contributed by atoms with Crippen LogP contribution in [-0.4, -0.2) is 36.8 Å². The third-order valence-corrected chi connectivity index (χ3v) is 5.72. The second kappa shape index (κ2) is 8.56. The molecule has 1 aliphatic heterocycles. The van der Waals surface area contributed by atoms with Crippen LogP contribution in [0.15, 0.2) is 62.2 Å². The third kappa shape index (κ3) is 3.65. The first-order valence-electron chi connectivity index (χ1n) is 10.6. The van der Waals surface area contributed by atoms with Crippen molar-refractivity contribution in [2.45, 2.75) is 5.92 Å². The predicted molar refractivity (Wildman–Crippen MR) is 125 cm³/mol. The molecule has 178 valence electrons. The van der Waals surface area contributed by atoms with Gasteiger partial charge in [-0.05, 0) is 41.5 Å². The van der Waals surface area contributed by atoms with Crippen LogP contribution in [0.1, 0.15) is 22.7 Å². The Morgan fingerprint density at radius 2 is 1.77 bits per heavy atom. The zero-order chi connectivity index (χ0) is 24.7. The van der Waals surface area contributed by atoms with Crippen molar-refractivity contribution >= 4 is 23.6 Å². The Bertz CT molecular complexity index is 1630. The number of carbonyl (C=O) groups excluding carboxylic acids is 1. The molecule has 1 aliphatic rings. The molecule has 0 radical (unpaired) electrons. The van der Waals surface area contributed by atoms with E-state index >= 15 is 0 Å². The molecule has 0 aliphatic carbocycles. The molecule has 0 saturated carbocycles. The van der Waals surface area contributed by atoms with Crippen LogP contribution in [0.25, 0.3) is 17.5 Å². The number of hydrogen-bond donors (Lipinski definition) is 1. The molecular formula is C25H21N3O7. The minimum Gasteiger partial charge on any atom is -0.497 e. The Morgan fingerprint density at radius 1 is 1.06 bits per heavy atom. The van der Waals surface area contributed by atoms with Gasteiger partial charge in [-0.1, -0.05) is 24.3 Å². The van der Waals surface area contributed by atoms with Crippen molar-refractivity contribution in [3.05, 3.63) is 86.7 Å². The molecule has 3 heterocycles. The summed E-state index contributed by atoms with van der Waals surface area (Å²) in [5.41, 5.74) is 6.93. The van der Waals surface area contributed by atoms with Crippen molar-refractivity contribution in [1.29, 1.82) is 0 Å². The zero-order valence-electron chi connectivity index (χ0n) is 19.1. The van der Waals surface area contributed by atoms with Gasteiger partial charge in [0.2, 0.25) is 11.4 Å². The fourth-order valence-electron chi connectivity index (χ4n) is 4.19. The number of anilines is 1. The van der Waals surface area contributed by atoms with E-state index in [2.05, 4.69) is 4.98 Å². The third-order valence-electron chi connectivity index (χ3n) is 5.72. The van der Waals surface area contributed by atoms with Gasteiger partial charge in [0.1, 0.15) is 28.1 Å². The SMILES string of the molecule is COC(=O)C1=c2oc(=O)/c(=C\c3cccc(OC)c3)n2-c2oc(N)nc2[C@H]1c1cccc(OC)c1. The van der Waals surface area contributed by atoms with Crippen LogP contribution < -0.4 is 31.7 Å². The number of nitrogens with two attached hydrogens (primary N) is 1. The first kappa shape index (κ1) is 22.1. The van der Waals surface area contributed by atoms with E-state index < -0.39 is 17.5 Å². The average molecular weight is 475 g/mol. The van der Waals surface area contributed by atoms with Gasteiger partial charge >= 0.3 is 11.6 Å². The lowest BCUT2D eigenvalue weighted by Crippen LogP contribution is -2.37. The highest BCUT2D eigenvalue weighted by atomic mass is 16.5. The lowest BCUT2D eigenvalue weighted by molar-refractivity contribution is -0.134. The van der Waals surface area contributed by atoms with Gasteiger partial charge in [-0.3, -0.25) is 0 Å². The van der Waals surface area contributed by atoms with Crippen LogP contribution in [0, 0.1) is 0 Å². The van der Waals surface area contributed by atoms with Crippen molar-refractivity contribution < 1.29 is 27.8 Å². The second-order valence-corrected chi connectivity index (χ2v) is 7.69. The van der Waals surface area contributed by atoms with E-state index in [0.29, 0.717) is 28.3 Å². The Labute approximate surface area is 198 Å². The second-order valence-electron chi connectivity index (χ2n) is 7.69. The number of rotatable bonds is 5. The van der Waals surface area contributed by atoms with Crippen LogP contribution in [0.2, 0.25) is 0 Å². The topological polar surface area (TPSA) is 132 Å². The predicted octanol–water partition coefficient (Wildman–Crippen LogP) is 1.32. The van der Waals surface area contributed by atoms with E-state index in [1.165, 1.54) is 18.8 Å². The summed E-state index contributed by atoms with van der Waals surface area (Å²) in [5.74, 6) is -0.139. The number of benzene rings is 2. The van der Waals surface area contributed by atoms with Gasteiger partial charge in [-0.2, -0.15) is 4.98 Å². The zero-order valence-corrected chi connectivity index (χ0v) is 19.1. The normalized spacial score (nSPS) is 14.9. The van der Waals surface area contributed by atoms with E-state index in [0.717, 1.165) is 0 Å². The molecule has 5 rings (SSSR count). The first-order valence-corrected chi connectivity index (χ1v) is 10.6. The minimum atomic E-state index is -0.788. The van der Waals surface area contributed by atoms with Crippen LogP contribution in [0.5, 0.6) is 11.5 Å². The quantitative estimate of drug-likeness (QED) is 0.424. The van der Waals surface area contributed by atoms with E-state index in [1.807, 2.05) is 0 Å². The molecule has 10 heteroatoms. The number of carbonyl (C=O) groups is 1. The largest absolute Gasteiger partial charge is 0.497 e. The van der Waals surface area contributed by atoms with Gasteiger partial charge in [-0.15, -0.1) is 0 Å². The van der Waals surface area contributed by atoms with E-state index in [1.54, 1.807) is 61.7 Å². The van der Waals surface area contributed by atoms with Gasteiger partial charge < -0.3 is 28.8 Å². The molecule has 0 saturated heterocycles. The summed E-state index contributed by atoms with van der Waals surface area (Å²) >= 11 is 0. The molecule has 2 aromatic heterocycles. The molecule has 4 aromatic rings. The summed E-state index contributed by atoms with van der Waals surface area (Å²) in [7, 11) is 4.33. The van der Waals surface area contributed by atoms with E-state index in [9.17, 15) is 9.59 Å². The van der Waals surface area contributed by atoms with Crippen LogP contribution >= 0.6 is 0 Å².